The maximum atomic E-state index is 10.4. The Kier molecular flexibility index (Phi) is 4.92. The number of rotatable bonds is 5. The molecule has 0 saturated carbocycles. The Hall–Kier alpha value is 0.170. The van der Waals surface area contributed by atoms with Crippen LogP contribution in [-0.2, 0) is 4.79 Å². The maximum Gasteiger partial charge on any atom is 0.217 e. The molecule has 0 unspecified atom stereocenters. The van der Waals surface area contributed by atoms with Crippen molar-refractivity contribution in [2.45, 2.75) is 30.3 Å². The molecule has 1 heterocycles. The van der Waals surface area contributed by atoms with Gasteiger partial charge in [-0.2, -0.15) is 0 Å². The third kappa shape index (κ3) is 4.26. The molecule has 0 aromatic rings. The lowest BCUT2D eigenvalue weighted by atomic mass is 10.2. The summed E-state index contributed by atoms with van der Waals surface area (Å²) in [5.41, 5.74) is 5.04. The monoisotopic (exact) mass is 205 g/mol. The van der Waals surface area contributed by atoms with Crippen LogP contribution >= 0.6 is 23.5 Å². The molecule has 4 heteroatoms. The molecule has 1 aliphatic heterocycles. The van der Waals surface area contributed by atoms with Crippen LogP contribution in [0.25, 0.3) is 0 Å². The van der Waals surface area contributed by atoms with Crippen LogP contribution in [0.4, 0.5) is 0 Å². The summed E-state index contributed by atoms with van der Waals surface area (Å²) in [6.07, 6.45) is 3.91. The van der Waals surface area contributed by atoms with E-state index in [-0.39, 0.29) is 5.91 Å². The van der Waals surface area contributed by atoms with Gasteiger partial charge in [-0.3, -0.25) is 4.79 Å². The molecule has 12 heavy (non-hydrogen) atoms. The minimum atomic E-state index is -0.165. The van der Waals surface area contributed by atoms with Gasteiger partial charge in [0.05, 0.1) is 4.58 Å². The number of thioether (sulfide) groups is 2. The molecule has 1 aliphatic rings. The highest BCUT2D eigenvalue weighted by molar-refractivity contribution is 8.20. The van der Waals surface area contributed by atoms with Gasteiger partial charge in [-0.25, -0.2) is 0 Å². The fraction of sp³-hybridized carbons (Fsp3) is 0.875. The number of hydrogen-bond acceptors (Lipinski definition) is 3. The van der Waals surface area contributed by atoms with E-state index in [9.17, 15) is 4.79 Å². The van der Waals surface area contributed by atoms with Gasteiger partial charge in [0, 0.05) is 17.9 Å². The lowest BCUT2D eigenvalue weighted by molar-refractivity contribution is -0.118. The molecule has 1 amide bonds. The van der Waals surface area contributed by atoms with Crippen molar-refractivity contribution in [3.63, 3.8) is 0 Å². The molecule has 0 aromatic heterocycles. The summed E-state index contributed by atoms with van der Waals surface area (Å²) in [7, 11) is 0. The second-order valence-corrected chi connectivity index (χ2v) is 5.80. The maximum absolute atomic E-state index is 10.4. The Morgan fingerprint density at radius 3 is 2.58 bits per heavy atom. The van der Waals surface area contributed by atoms with Gasteiger partial charge >= 0.3 is 0 Å². The van der Waals surface area contributed by atoms with E-state index in [1.165, 1.54) is 17.9 Å². The number of hydrogen-bond donors (Lipinski definition) is 1. The van der Waals surface area contributed by atoms with Gasteiger partial charge in [0.1, 0.15) is 0 Å². The smallest absolute Gasteiger partial charge is 0.217 e. The number of primary amides is 1. The fourth-order valence-electron chi connectivity index (χ4n) is 1.18. The number of nitrogens with two attached hydrogens (primary N) is 1. The van der Waals surface area contributed by atoms with Gasteiger partial charge in [0.2, 0.25) is 5.91 Å². The van der Waals surface area contributed by atoms with Gasteiger partial charge in [0.15, 0.2) is 0 Å². The van der Waals surface area contributed by atoms with E-state index in [1.807, 2.05) is 23.5 Å². The van der Waals surface area contributed by atoms with E-state index in [0.717, 1.165) is 17.4 Å². The van der Waals surface area contributed by atoms with Crippen molar-refractivity contribution in [1.29, 1.82) is 0 Å². The topological polar surface area (TPSA) is 43.1 Å². The van der Waals surface area contributed by atoms with E-state index < -0.39 is 0 Å². The van der Waals surface area contributed by atoms with E-state index in [1.54, 1.807) is 0 Å². The molecule has 1 rings (SSSR count). The van der Waals surface area contributed by atoms with Gasteiger partial charge in [0.25, 0.3) is 0 Å². The average Bonchev–Trinajstić information content (AvgIpc) is 2.49. The van der Waals surface area contributed by atoms with Crippen molar-refractivity contribution in [2.75, 3.05) is 11.5 Å². The average molecular weight is 205 g/mol. The van der Waals surface area contributed by atoms with Crippen LogP contribution in [0.2, 0.25) is 0 Å². The van der Waals surface area contributed by atoms with Crippen LogP contribution in [0.3, 0.4) is 0 Å². The van der Waals surface area contributed by atoms with E-state index in [0.29, 0.717) is 6.42 Å². The molecular formula is C8H15NOS2. The van der Waals surface area contributed by atoms with Gasteiger partial charge in [-0.05, 0) is 12.8 Å². The molecule has 0 atom stereocenters. The zero-order valence-corrected chi connectivity index (χ0v) is 8.76. The normalized spacial score (nSPS) is 18.3. The van der Waals surface area contributed by atoms with Crippen LogP contribution < -0.4 is 5.73 Å². The molecule has 2 N–H and O–H groups in total. The first-order valence-corrected chi connectivity index (χ1v) is 6.40. The lowest BCUT2D eigenvalue weighted by Gasteiger charge is -2.05. The molecule has 0 spiro atoms. The number of carbonyl (C=O) groups is 1. The minimum absolute atomic E-state index is 0.165. The summed E-state index contributed by atoms with van der Waals surface area (Å²) in [4.78, 5) is 10.4. The Morgan fingerprint density at radius 1 is 1.33 bits per heavy atom. The Morgan fingerprint density at radius 2 is 2.00 bits per heavy atom. The summed E-state index contributed by atoms with van der Waals surface area (Å²) >= 11 is 4.10. The number of unbranched alkanes of at least 4 members (excludes halogenated alkanes) is 1. The first-order valence-electron chi connectivity index (χ1n) is 4.30. The molecule has 70 valence electrons. The molecular weight excluding hydrogens is 190 g/mol. The second kappa shape index (κ2) is 5.75. The quantitative estimate of drug-likeness (QED) is 0.696. The van der Waals surface area contributed by atoms with Crippen molar-refractivity contribution in [3.8, 4) is 0 Å². The molecule has 0 aliphatic carbocycles. The van der Waals surface area contributed by atoms with Crippen LogP contribution in [-0.4, -0.2) is 22.0 Å². The third-order valence-electron chi connectivity index (χ3n) is 1.80. The van der Waals surface area contributed by atoms with Crippen LogP contribution in [0.5, 0.6) is 0 Å². The largest absolute Gasteiger partial charge is 0.370 e. The molecule has 0 aromatic carbocycles. The number of amides is 1. The summed E-state index contributed by atoms with van der Waals surface area (Å²) in [5, 5.41) is 0. The summed E-state index contributed by atoms with van der Waals surface area (Å²) in [5.74, 6) is 2.43. The lowest BCUT2D eigenvalue weighted by Crippen LogP contribution is -2.09. The van der Waals surface area contributed by atoms with E-state index in [2.05, 4.69) is 0 Å². The summed E-state index contributed by atoms with van der Waals surface area (Å²) < 4.78 is 0.790. The minimum Gasteiger partial charge on any atom is -0.370 e. The van der Waals surface area contributed by atoms with Crippen molar-refractivity contribution >= 4 is 29.4 Å². The molecule has 0 radical (unpaired) electrons. The first-order chi connectivity index (χ1) is 5.79. The standard InChI is InChI=1S/C8H15NOS2/c9-7(10)3-1-2-4-8-11-5-6-12-8/h8H,1-6H2,(H2,9,10). The highest BCUT2D eigenvalue weighted by atomic mass is 32.2. The highest BCUT2D eigenvalue weighted by Crippen LogP contribution is 2.35. The van der Waals surface area contributed by atoms with E-state index >= 15 is 0 Å². The Bertz CT molecular complexity index is 146. The summed E-state index contributed by atoms with van der Waals surface area (Å²) in [6, 6.07) is 0. The van der Waals surface area contributed by atoms with Gasteiger partial charge in [-0.1, -0.05) is 6.42 Å². The predicted octanol–water partition coefficient (Wildman–Crippen LogP) is 1.84. The first kappa shape index (κ1) is 10.3. The van der Waals surface area contributed by atoms with Crippen LogP contribution in [0.1, 0.15) is 25.7 Å². The zero-order valence-electron chi connectivity index (χ0n) is 7.12. The van der Waals surface area contributed by atoms with Crippen molar-refractivity contribution in [2.24, 2.45) is 5.73 Å². The fourth-order valence-corrected chi connectivity index (χ4v) is 4.11. The van der Waals surface area contributed by atoms with Crippen LogP contribution in [0, 0.1) is 0 Å². The predicted molar refractivity (Wildman–Crippen MR) is 56.4 cm³/mol. The summed E-state index contributed by atoms with van der Waals surface area (Å²) in [6.45, 7) is 0. The van der Waals surface area contributed by atoms with Crippen molar-refractivity contribution in [3.05, 3.63) is 0 Å². The Labute approximate surface area is 82.0 Å². The molecule has 1 fully saturated rings. The van der Waals surface area contributed by atoms with Crippen molar-refractivity contribution < 1.29 is 4.79 Å². The molecule has 2 nitrogen and oxygen atoms in total. The molecule has 1 saturated heterocycles. The second-order valence-electron chi connectivity index (χ2n) is 2.88. The zero-order chi connectivity index (χ0) is 8.81. The van der Waals surface area contributed by atoms with Crippen LogP contribution in [0.15, 0.2) is 0 Å². The third-order valence-corrected chi connectivity index (χ3v) is 4.97. The van der Waals surface area contributed by atoms with Gasteiger partial charge in [-0.15, -0.1) is 23.5 Å². The van der Waals surface area contributed by atoms with E-state index in [4.69, 9.17) is 5.73 Å². The number of carbonyl (C=O) groups excluding carboxylic acids is 1. The highest BCUT2D eigenvalue weighted by Gasteiger charge is 2.14. The SMILES string of the molecule is NC(=O)CCCCC1SCCS1. The Balaban J connectivity index is 1.91. The van der Waals surface area contributed by atoms with Gasteiger partial charge < -0.3 is 5.73 Å². The van der Waals surface area contributed by atoms with Crippen molar-refractivity contribution in [1.82, 2.24) is 0 Å². The molecule has 0 bridgehead atoms.